The van der Waals surface area contributed by atoms with E-state index in [-0.39, 0.29) is 23.4 Å². The van der Waals surface area contributed by atoms with Gasteiger partial charge in [0.05, 0.1) is 12.1 Å². The molecule has 0 atom stereocenters. The number of aromatic hydroxyl groups is 1. The lowest BCUT2D eigenvalue weighted by Crippen LogP contribution is -2.25. The fraction of sp³-hybridized carbons (Fsp3) is 0.0625. The summed E-state index contributed by atoms with van der Waals surface area (Å²) in [5.41, 5.74) is 0.817. The molecule has 0 radical (unpaired) electrons. The highest BCUT2D eigenvalue weighted by Crippen LogP contribution is 2.23. The first kappa shape index (κ1) is 14.5. The Bertz CT molecular complexity index is 917. The van der Waals surface area contributed by atoms with E-state index in [1.165, 1.54) is 10.8 Å². The molecule has 1 N–H and O–H groups in total. The highest BCUT2D eigenvalue weighted by Gasteiger charge is 2.16. The number of carbonyl (C=O) groups is 1. The van der Waals surface area contributed by atoms with Crippen LogP contribution >= 0.6 is 15.9 Å². The Morgan fingerprint density at radius 2 is 1.95 bits per heavy atom. The summed E-state index contributed by atoms with van der Waals surface area (Å²) in [5, 5.41) is 10.0. The van der Waals surface area contributed by atoms with Gasteiger partial charge in [0.15, 0.2) is 12.0 Å². The zero-order chi connectivity index (χ0) is 15.7. The number of benzene rings is 1. The van der Waals surface area contributed by atoms with Crippen molar-refractivity contribution in [3.8, 4) is 5.75 Å². The fourth-order valence-corrected chi connectivity index (χ4v) is 2.58. The number of nitrogens with zero attached hydrogens (tertiary/aromatic N) is 2. The molecule has 0 aliphatic carbocycles. The summed E-state index contributed by atoms with van der Waals surface area (Å²) in [6.07, 6.45) is 1.87. The minimum atomic E-state index is -0.532. The summed E-state index contributed by atoms with van der Waals surface area (Å²) in [7, 11) is 0. The quantitative estimate of drug-likeness (QED) is 0.730. The van der Waals surface area contributed by atoms with Gasteiger partial charge in [-0.3, -0.25) is 14.6 Å². The van der Waals surface area contributed by atoms with E-state index in [4.69, 9.17) is 0 Å². The SMILES string of the molecule is O=Cc1c(O)c2ncccc2n(Cc2ccc(Br)cc2)c1=O. The summed E-state index contributed by atoms with van der Waals surface area (Å²) >= 11 is 3.36. The Balaban J connectivity index is 2.26. The van der Waals surface area contributed by atoms with Crippen LogP contribution in [0.5, 0.6) is 5.75 Å². The van der Waals surface area contributed by atoms with Crippen LogP contribution in [0.25, 0.3) is 11.0 Å². The second-order valence-corrected chi connectivity index (χ2v) is 5.68. The van der Waals surface area contributed by atoms with Crippen molar-refractivity contribution in [2.75, 3.05) is 0 Å². The predicted molar refractivity (Wildman–Crippen MR) is 86.3 cm³/mol. The molecule has 0 saturated heterocycles. The number of rotatable bonds is 3. The lowest BCUT2D eigenvalue weighted by molar-refractivity contribution is 0.111. The van der Waals surface area contributed by atoms with E-state index in [0.717, 1.165) is 10.0 Å². The number of aldehydes is 1. The first-order valence-corrected chi connectivity index (χ1v) is 7.31. The molecule has 2 aromatic heterocycles. The Labute approximate surface area is 134 Å². The van der Waals surface area contributed by atoms with Gasteiger partial charge in [-0.2, -0.15) is 0 Å². The van der Waals surface area contributed by atoms with Crippen LogP contribution in [-0.2, 0) is 6.54 Å². The van der Waals surface area contributed by atoms with Gasteiger partial charge in [0, 0.05) is 10.7 Å². The Hall–Kier alpha value is -2.47. The van der Waals surface area contributed by atoms with Crippen molar-refractivity contribution >= 4 is 33.2 Å². The molecular formula is C16H11BrN2O3. The maximum Gasteiger partial charge on any atom is 0.265 e. The maximum atomic E-state index is 12.4. The molecule has 0 spiro atoms. The molecule has 5 nitrogen and oxygen atoms in total. The molecule has 6 heteroatoms. The molecule has 0 aliphatic rings. The summed E-state index contributed by atoms with van der Waals surface area (Å²) in [6.45, 7) is 0.287. The lowest BCUT2D eigenvalue weighted by Gasteiger charge is -2.12. The maximum absolute atomic E-state index is 12.4. The van der Waals surface area contributed by atoms with Crippen LogP contribution < -0.4 is 5.56 Å². The molecule has 0 aliphatic heterocycles. The molecule has 0 amide bonds. The Morgan fingerprint density at radius 3 is 2.64 bits per heavy atom. The minimum absolute atomic E-state index is 0.237. The van der Waals surface area contributed by atoms with Crippen molar-refractivity contribution < 1.29 is 9.90 Å². The van der Waals surface area contributed by atoms with Crippen molar-refractivity contribution in [3.63, 3.8) is 0 Å². The van der Waals surface area contributed by atoms with Crippen LogP contribution in [-0.4, -0.2) is 20.9 Å². The molecule has 0 fully saturated rings. The van der Waals surface area contributed by atoms with Gasteiger partial charge >= 0.3 is 0 Å². The monoisotopic (exact) mass is 358 g/mol. The molecule has 3 aromatic rings. The molecule has 0 unspecified atom stereocenters. The van der Waals surface area contributed by atoms with Crippen molar-refractivity contribution in [1.29, 1.82) is 0 Å². The van der Waals surface area contributed by atoms with E-state index in [0.29, 0.717) is 11.8 Å². The predicted octanol–water partition coefficient (Wildman–Crippen LogP) is 2.73. The van der Waals surface area contributed by atoms with Crippen molar-refractivity contribution in [2.24, 2.45) is 0 Å². The number of aromatic nitrogens is 2. The van der Waals surface area contributed by atoms with Gasteiger partial charge in [-0.25, -0.2) is 0 Å². The molecular weight excluding hydrogens is 348 g/mol. The van der Waals surface area contributed by atoms with Crippen LogP contribution in [0, 0.1) is 0 Å². The number of halogens is 1. The second-order valence-electron chi connectivity index (χ2n) is 4.77. The van der Waals surface area contributed by atoms with E-state index in [9.17, 15) is 14.7 Å². The van der Waals surface area contributed by atoms with Crippen LogP contribution in [0.2, 0.25) is 0 Å². The third kappa shape index (κ3) is 2.42. The van der Waals surface area contributed by atoms with Crippen LogP contribution in [0.4, 0.5) is 0 Å². The molecule has 0 saturated carbocycles. The van der Waals surface area contributed by atoms with Gasteiger partial charge in [-0.15, -0.1) is 0 Å². The van der Waals surface area contributed by atoms with Crippen LogP contribution in [0.3, 0.4) is 0 Å². The molecule has 1 aromatic carbocycles. The van der Waals surface area contributed by atoms with Crippen molar-refractivity contribution in [3.05, 3.63) is 68.5 Å². The zero-order valence-corrected chi connectivity index (χ0v) is 12.9. The number of hydrogen-bond acceptors (Lipinski definition) is 4. The first-order chi connectivity index (χ1) is 10.6. The van der Waals surface area contributed by atoms with Gasteiger partial charge in [-0.05, 0) is 29.8 Å². The van der Waals surface area contributed by atoms with E-state index < -0.39 is 5.56 Å². The topological polar surface area (TPSA) is 72.2 Å². The van der Waals surface area contributed by atoms with E-state index in [2.05, 4.69) is 20.9 Å². The highest BCUT2D eigenvalue weighted by atomic mass is 79.9. The first-order valence-electron chi connectivity index (χ1n) is 6.52. The van der Waals surface area contributed by atoms with Gasteiger partial charge < -0.3 is 9.67 Å². The number of fused-ring (bicyclic) bond motifs is 1. The molecule has 2 heterocycles. The van der Waals surface area contributed by atoms with Gasteiger partial charge in [0.25, 0.3) is 5.56 Å². The summed E-state index contributed by atoms with van der Waals surface area (Å²) in [5.74, 6) is -0.373. The Kier molecular flexibility index (Phi) is 3.77. The average Bonchev–Trinajstić information content (AvgIpc) is 2.54. The Morgan fingerprint density at radius 1 is 1.23 bits per heavy atom. The minimum Gasteiger partial charge on any atom is -0.505 e. The third-order valence-electron chi connectivity index (χ3n) is 3.40. The van der Waals surface area contributed by atoms with Crippen molar-refractivity contribution in [2.45, 2.75) is 6.54 Å². The molecule has 3 rings (SSSR count). The van der Waals surface area contributed by atoms with Crippen LogP contribution in [0.15, 0.2) is 51.9 Å². The highest BCUT2D eigenvalue weighted by molar-refractivity contribution is 9.10. The summed E-state index contributed by atoms with van der Waals surface area (Å²) in [4.78, 5) is 27.6. The van der Waals surface area contributed by atoms with Gasteiger partial charge in [-0.1, -0.05) is 28.1 Å². The zero-order valence-electron chi connectivity index (χ0n) is 11.4. The van der Waals surface area contributed by atoms with Gasteiger partial charge in [0.2, 0.25) is 0 Å². The van der Waals surface area contributed by atoms with E-state index >= 15 is 0 Å². The third-order valence-corrected chi connectivity index (χ3v) is 3.93. The summed E-state index contributed by atoms with van der Waals surface area (Å²) < 4.78 is 2.38. The van der Waals surface area contributed by atoms with E-state index in [1.54, 1.807) is 12.1 Å². The number of hydrogen-bond donors (Lipinski definition) is 1. The average molecular weight is 359 g/mol. The molecule has 0 bridgehead atoms. The van der Waals surface area contributed by atoms with Gasteiger partial charge in [0.1, 0.15) is 11.1 Å². The largest absolute Gasteiger partial charge is 0.505 e. The van der Waals surface area contributed by atoms with Crippen LogP contribution in [0.1, 0.15) is 15.9 Å². The standard InChI is InChI=1S/C16H11BrN2O3/c17-11-5-3-10(4-6-11)8-19-13-2-1-7-18-14(13)15(21)12(9-20)16(19)22/h1-7,9,21H,8H2. The normalized spacial score (nSPS) is 10.8. The van der Waals surface area contributed by atoms with E-state index in [1.807, 2.05) is 24.3 Å². The smallest absolute Gasteiger partial charge is 0.265 e. The molecule has 22 heavy (non-hydrogen) atoms. The van der Waals surface area contributed by atoms with Crippen molar-refractivity contribution in [1.82, 2.24) is 9.55 Å². The second kappa shape index (κ2) is 5.73. The number of carbonyl (C=O) groups excluding carboxylic acids is 1. The summed E-state index contributed by atoms with van der Waals surface area (Å²) in [6, 6.07) is 10.9. The number of pyridine rings is 2. The fourth-order valence-electron chi connectivity index (χ4n) is 2.32. The molecule has 110 valence electrons. The lowest BCUT2D eigenvalue weighted by atomic mass is 10.1.